The molecule has 4 heterocycles. The van der Waals surface area contributed by atoms with Crippen LogP contribution in [0.3, 0.4) is 0 Å². The van der Waals surface area contributed by atoms with Crippen LogP contribution in [0.4, 0.5) is 5.95 Å². The average Bonchev–Trinajstić information content (AvgIpc) is 3.73. The fourth-order valence-corrected chi connectivity index (χ4v) is 7.57. The topological polar surface area (TPSA) is 90.3 Å². The van der Waals surface area contributed by atoms with Crippen LogP contribution in [0.5, 0.6) is 17.2 Å². The van der Waals surface area contributed by atoms with Crippen molar-refractivity contribution < 1.29 is 23.7 Å². The molecule has 4 aromatic rings. The molecule has 7 rings (SSSR count). The molecule has 2 fully saturated rings. The summed E-state index contributed by atoms with van der Waals surface area (Å²) < 4.78 is 25.1. The van der Waals surface area contributed by atoms with E-state index in [0.29, 0.717) is 68.4 Å². The van der Waals surface area contributed by atoms with Crippen LogP contribution in [-0.2, 0) is 16.7 Å². The maximum absolute atomic E-state index is 13.9. The van der Waals surface area contributed by atoms with Crippen LogP contribution in [0.15, 0.2) is 66.7 Å². The lowest BCUT2D eigenvalue weighted by Gasteiger charge is -2.36. The standard InChI is InChI=1S/C38H47N5O5/c1-3-46-22-21-43-32-12-8-7-11-31(32)40-37(43)39-30-13-17-41(18-14-30)19-15-38(29-9-5-4-6-10-29)16-20-42(27-38)36(44)28-25-33(45-2)35-34(26-28)47-23-24-48-35/h4-12,25-26,30H,3,13-24,27H2,1-2H3,(H,39,40). The number of carbonyl (C=O) groups is 1. The summed E-state index contributed by atoms with van der Waals surface area (Å²) in [5.74, 6) is 2.60. The Labute approximate surface area is 282 Å². The number of fused-ring (bicyclic) bond motifs is 2. The van der Waals surface area contributed by atoms with Crippen LogP contribution < -0.4 is 19.5 Å². The number of anilines is 1. The molecule has 3 aromatic carbocycles. The van der Waals surface area contributed by atoms with E-state index in [1.54, 1.807) is 19.2 Å². The predicted octanol–water partition coefficient (Wildman–Crippen LogP) is 5.60. The van der Waals surface area contributed by atoms with Crippen molar-refractivity contribution in [3.63, 3.8) is 0 Å². The second-order valence-electron chi connectivity index (χ2n) is 13.1. The number of imidazole rings is 1. The minimum absolute atomic E-state index is 0.00208. The molecule has 1 aromatic heterocycles. The van der Waals surface area contributed by atoms with Gasteiger partial charge < -0.3 is 38.6 Å². The molecule has 1 N–H and O–H groups in total. The number of ether oxygens (including phenoxy) is 4. The lowest BCUT2D eigenvalue weighted by Crippen LogP contribution is -2.42. The minimum atomic E-state index is -0.102. The zero-order chi connectivity index (χ0) is 32.9. The number of rotatable bonds is 12. The van der Waals surface area contributed by atoms with Crippen LogP contribution >= 0.6 is 0 Å². The Kier molecular flexibility index (Phi) is 9.72. The van der Waals surface area contributed by atoms with E-state index in [1.807, 2.05) is 17.9 Å². The van der Waals surface area contributed by atoms with E-state index in [0.717, 1.165) is 68.8 Å². The Morgan fingerprint density at radius 2 is 1.79 bits per heavy atom. The van der Waals surface area contributed by atoms with E-state index < -0.39 is 0 Å². The van der Waals surface area contributed by atoms with Gasteiger partial charge in [-0.1, -0.05) is 42.5 Å². The highest BCUT2D eigenvalue weighted by molar-refractivity contribution is 5.96. The van der Waals surface area contributed by atoms with E-state index in [1.165, 1.54) is 5.56 Å². The largest absolute Gasteiger partial charge is 0.493 e. The zero-order valence-electron chi connectivity index (χ0n) is 28.2. The van der Waals surface area contributed by atoms with E-state index in [9.17, 15) is 4.79 Å². The molecule has 0 saturated carbocycles. The summed E-state index contributed by atoms with van der Waals surface area (Å²) in [4.78, 5) is 23.4. The van der Waals surface area contributed by atoms with Gasteiger partial charge in [0.2, 0.25) is 11.7 Å². The normalized spacial score (nSPS) is 19.9. The fraction of sp³-hybridized carbons (Fsp3) is 0.474. The Morgan fingerprint density at radius 3 is 2.60 bits per heavy atom. The van der Waals surface area contributed by atoms with Crippen LogP contribution in [-0.4, -0.2) is 97.6 Å². The van der Waals surface area contributed by atoms with Crippen molar-refractivity contribution in [2.75, 3.05) is 71.6 Å². The molecule has 0 bridgehead atoms. The van der Waals surface area contributed by atoms with Crippen molar-refractivity contribution >= 4 is 22.9 Å². The van der Waals surface area contributed by atoms with Gasteiger partial charge in [0.05, 0.1) is 24.8 Å². The minimum Gasteiger partial charge on any atom is -0.493 e. The Bertz CT molecular complexity index is 1690. The van der Waals surface area contributed by atoms with Gasteiger partial charge in [0.15, 0.2) is 11.5 Å². The summed E-state index contributed by atoms with van der Waals surface area (Å²) >= 11 is 0. The Hall–Kier alpha value is -4.28. The number of hydrogen-bond donors (Lipinski definition) is 1. The van der Waals surface area contributed by atoms with Crippen molar-refractivity contribution in [3.05, 3.63) is 77.9 Å². The van der Waals surface area contributed by atoms with Crippen LogP contribution in [0.2, 0.25) is 0 Å². The highest BCUT2D eigenvalue weighted by Crippen LogP contribution is 2.42. The van der Waals surface area contributed by atoms with Crippen molar-refractivity contribution in [3.8, 4) is 17.2 Å². The van der Waals surface area contributed by atoms with Crippen LogP contribution in [0, 0.1) is 0 Å². The fourth-order valence-electron chi connectivity index (χ4n) is 7.57. The first-order chi connectivity index (χ1) is 23.6. The first-order valence-electron chi connectivity index (χ1n) is 17.4. The molecule has 48 heavy (non-hydrogen) atoms. The van der Waals surface area contributed by atoms with Crippen molar-refractivity contribution in [2.24, 2.45) is 0 Å². The van der Waals surface area contributed by atoms with Crippen molar-refractivity contribution in [1.29, 1.82) is 0 Å². The maximum atomic E-state index is 13.9. The molecule has 0 spiro atoms. The Balaban J connectivity index is 0.999. The maximum Gasteiger partial charge on any atom is 0.254 e. The SMILES string of the molecule is CCOCCn1c(NC2CCN(CCC3(c4ccccc4)CCN(C(=O)c4cc(OC)c5c(c4)OCCO5)C3)CC2)nc2ccccc21. The number of nitrogens with zero attached hydrogens (tertiary/aromatic N) is 4. The summed E-state index contributed by atoms with van der Waals surface area (Å²) in [5, 5.41) is 3.78. The predicted molar refractivity (Wildman–Crippen MR) is 187 cm³/mol. The van der Waals surface area contributed by atoms with Gasteiger partial charge in [0, 0.05) is 56.4 Å². The quantitative estimate of drug-likeness (QED) is 0.198. The van der Waals surface area contributed by atoms with Crippen molar-refractivity contribution in [1.82, 2.24) is 19.4 Å². The molecule has 0 aliphatic carbocycles. The number of methoxy groups -OCH3 is 1. The summed E-state index contributed by atoms with van der Waals surface area (Å²) in [7, 11) is 1.59. The molecule has 1 atom stereocenters. The van der Waals surface area contributed by atoms with Crippen LogP contribution in [0.1, 0.15) is 48.5 Å². The lowest BCUT2D eigenvalue weighted by molar-refractivity contribution is 0.0778. The molecular weight excluding hydrogens is 606 g/mol. The second-order valence-corrected chi connectivity index (χ2v) is 13.1. The molecule has 2 saturated heterocycles. The van der Waals surface area contributed by atoms with E-state index in [-0.39, 0.29) is 11.3 Å². The molecule has 0 radical (unpaired) electrons. The smallest absolute Gasteiger partial charge is 0.254 e. The van der Waals surface area contributed by atoms with Gasteiger partial charge in [-0.15, -0.1) is 0 Å². The summed E-state index contributed by atoms with van der Waals surface area (Å²) in [6.45, 7) is 9.55. The van der Waals surface area contributed by atoms with Crippen molar-refractivity contribution in [2.45, 2.75) is 50.6 Å². The van der Waals surface area contributed by atoms with Gasteiger partial charge in [-0.05, 0) is 69.0 Å². The molecule has 3 aliphatic rings. The third-order valence-electron chi connectivity index (χ3n) is 10.2. The highest BCUT2D eigenvalue weighted by Gasteiger charge is 2.42. The second kappa shape index (κ2) is 14.5. The zero-order valence-corrected chi connectivity index (χ0v) is 28.2. The highest BCUT2D eigenvalue weighted by atomic mass is 16.6. The summed E-state index contributed by atoms with van der Waals surface area (Å²) in [5.41, 5.74) is 3.93. The number of aromatic nitrogens is 2. The first kappa shape index (κ1) is 32.3. The summed E-state index contributed by atoms with van der Waals surface area (Å²) in [6, 6.07) is 23.0. The summed E-state index contributed by atoms with van der Waals surface area (Å²) in [6.07, 6.45) is 4.05. The monoisotopic (exact) mass is 653 g/mol. The molecule has 10 heteroatoms. The number of carbonyl (C=O) groups excluding carboxylic acids is 1. The van der Waals surface area contributed by atoms with Gasteiger partial charge >= 0.3 is 0 Å². The van der Waals surface area contributed by atoms with Gasteiger partial charge in [-0.2, -0.15) is 0 Å². The number of para-hydroxylation sites is 2. The Morgan fingerprint density at radius 1 is 1.00 bits per heavy atom. The number of benzene rings is 3. The number of nitrogens with one attached hydrogen (secondary N) is 1. The molecule has 3 aliphatic heterocycles. The molecular formula is C38H47N5O5. The molecule has 10 nitrogen and oxygen atoms in total. The molecule has 254 valence electrons. The third kappa shape index (κ3) is 6.69. The number of hydrogen-bond acceptors (Lipinski definition) is 8. The van der Waals surface area contributed by atoms with Gasteiger partial charge in [0.25, 0.3) is 5.91 Å². The van der Waals surface area contributed by atoms with E-state index in [2.05, 4.69) is 63.3 Å². The van der Waals surface area contributed by atoms with Crippen LogP contribution in [0.25, 0.3) is 11.0 Å². The molecule has 1 unspecified atom stereocenters. The lowest BCUT2D eigenvalue weighted by atomic mass is 9.76. The van der Waals surface area contributed by atoms with E-state index in [4.69, 9.17) is 23.9 Å². The van der Waals surface area contributed by atoms with Gasteiger partial charge in [0.1, 0.15) is 13.2 Å². The van der Waals surface area contributed by atoms with E-state index >= 15 is 0 Å². The first-order valence-corrected chi connectivity index (χ1v) is 17.4. The average molecular weight is 654 g/mol. The number of amides is 1. The molecule has 1 amide bonds. The van der Waals surface area contributed by atoms with Gasteiger partial charge in [-0.3, -0.25) is 4.79 Å². The van der Waals surface area contributed by atoms with Gasteiger partial charge in [-0.25, -0.2) is 4.98 Å². The third-order valence-corrected chi connectivity index (χ3v) is 10.2. The number of likely N-dealkylation sites (tertiary alicyclic amines) is 2. The number of piperidine rings is 1.